The molecule has 1 aromatic rings. The Labute approximate surface area is 92.3 Å². The van der Waals surface area contributed by atoms with E-state index in [0.29, 0.717) is 6.61 Å². The molecule has 78 valence electrons. The molecule has 0 bridgehead atoms. The van der Waals surface area contributed by atoms with Crippen molar-refractivity contribution in [3.8, 4) is 5.75 Å². The van der Waals surface area contributed by atoms with Crippen molar-refractivity contribution in [1.82, 2.24) is 0 Å². The summed E-state index contributed by atoms with van der Waals surface area (Å²) in [6, 6.07) is 5.58. The van der Waals surface area contributed by atoms with E-state index in [2.05, 4.69) is 15.9 Å². The molecule has 0 aliphatic rings. The first kappa shape index (κ1) is 11.5. The Bertz CT molecular complexity index is 304. The molecule has 1 rings (SSSR count). The summed E-state index contributed by atoms with van der Waals surface area (Å²) in [6.45, 7) is 0.492. The van der Waals surface area contributed by atoms with Crippen molar-refractivity contribution >= 4 is 15.9 Å². The molecule has 2 N–H and O–H groups in total. The Kier molecular flexibility index (Phi) is 4.38. The van der Waals surface area contributed by atoms with Crippen LogP contribution in [0.5, 0.6) is 5.75 Å². The highest BCUT2D eigenvalue weighted by molar-refractivity contribution is 9.10. The third kappa shape index (κ3) is 2.70. The lowest BCUT2D eigenvalue weighted by Gasteiger charge is -2.13. The van der Waals surface area contributed by atoms with Crippen molar-refractivity contribution in [3.63, 3.8) is 0 Å². The first-order chi connectivity index (χ1) is 6.69. The lowest BCUT2D eigenvalue weighted by Crippen LogP contribution is -2.16. The van der Waals surface area contributed by atoms with Crippen LogP contribution >= 0.6 is 15.9 Å². The van der Waals surface area contributed by atoms with Gasteiger partial charge in [-0.25, -0.2) is 0 Å². The van der Waals surface area contributed by atoms with E-state index in [1.54, 1.807) is 14.2 Å². The van der Waals surface area contributed by atoms with Gasteiger partial charge in [-0.1, -0.05) is 15.9 Å². The standard InChI is InChI=1S/C10H14BrNO2/c1-13-6-10(12)8-5-7(14-2)3-4-9(8)11/h3-5,10H,6,12H2,1-2H3/t10-/m0/s1. The van der Waals surface area contributed by atoms with Gasteiger partial charge in [0.15, 0.2) is 0 Å². The Hall–Kier alpha value is -0.580. The van der Waals surface area contributed by atoms with Gasteiger partial charge >= 0.3 is 0 Å². The topological polar surface area (TPSA) is 44.5 Å². The summed E-state index contributed by atoms with van der Waals surface area (Å²) < 4.78 is 11.1. The summed E-state index contributed by atoms with van der Waals surface area (Å²) in [4.78, 5) is 0. The molecule has 0 aliphatic heterocycles. The summed E-state index contributed by atoms with van der Waals surface area (Å²) in [5.74, 6) is 0.801. The van der Waals surface area contributed by atoms with Crippen LogP contribution in [0.25, 0.3) is 0 Å². The van der Waals surface area contributed by atoms with Gasteiger partial charge in [0.2, 0.25) is 0 Å². The monoisotopic (exact) mass is 259 g/mol. The van der Waals surface area contributed by atoms with Crippen LogP contribution in [0, 0.1) is 0 Å². The van der Waals surface area contributed by atoms with E-state index >= 15 is 0 Å². The Morgan fingerprint density at radius 3 is 2.71 bits per heavy atom. The molecule has 0 radical (unpaired) electrons. The number of halogens is 1. The molecule has 1 atom stereocenters. The SMILES string of the molecule is COC[C@H](N)c1cc(OC)ccc1Br. The molecule has 14 heavy (non-hydrogen) atoms. The third-order valence-corrected chi connectivity index (χ3v) is 2.67. The minimum absolute atomic E-state index is 0.135. The zero-order valence-corrected chi connectivity index (χ0v) is 9.87. The molecule has 4 heteroatoms. The molecule has 0 aliphatic carbocycles. The van der Waals surface area contributed by atoms with Gasteiger partial charge in [-0.15, -0.1) is 0 Å². The summed E-state index contributed by atoms with van der Waals surface area (Å²) in [7, 11) is 3.27. The van der Waals surface area contributed by atoms with E-state index in [4.69, 9.17) is 15.2 Å². The molecule has 0 amide bonds. The van der Waals surface area contributed by atoms with Gasteiger partial charge in [-0.2, -0.15) is 0 Å². The van der Waals surface area contributed by atoms with Gasteiger partial charge in [0.25, 0.3) is 0 Å². The molecule has 0 fully saturated rings. The average molecular weight is 260 g/mol. The van der Waals surface area contributed by atoms with Crippen LogP contribution in [0.3, 0.4) is 0 Å². The normalized spacial score (nSPS) is 12.6. The second kappa shape index (κ2) is 5.34. The minimum atomic E-state index is -0.135. The van der Waals surface area contributed by atoms with Gasteiger partial charge in [0, 0.05) is 11.6 Å². The fourth-order valence-corrected chi connectivity index (χ4v) is 1.74. The molecular weight excluding hydrogens is 246 g/mol. The van der Waals surface area contributed by atoms with Crippen LogP contribution in [-0.2, 0) is 4.74 Å². The van der Waals surface area contributed by atoms with Gasteiger partial charge < -0.3 is 15.2 Å². The van der Waals surface area contributed by atoms with Crippen LogP contribution in [0.4, 0.5) is 0 Å². The minimum Gasteiger partial charge on any atom is -0.497 e. The molecule has 3 nitrogen and oxygen atoms in total. The van der Waals surface area contributed by atoms with E-state index in [-0.39, 0.29) is 6.04 Å². The van der Waals surface area contributed by atoms with Crippen molar-refractivity contribution in [2.45, 2.75) is 6.04 Å². The number of ether oxygens (including phenoxy) is 2. The molecule has 0 aromatic heterocycles. The molecule has 0 spiro atoms. The number of nitrogens with two attached hydrogens (primary N) is 1. The van der Waals surface area contributed by atoms with Crippen molar-refractivity contribution in [3.05, 3.63) is 28.2 Å². The van der Waals surface area contributed by atoms with Crippen molar-refractivity contribution in [1.29, 1.82) is 0 Å². The predicted octanol–water partition coefficient (Wildman–Crippen LogP) is 2.10. The highest BCUT2D eigenvalue weighted by Crippen LogP contribution is 2.26. The predicted molar refractivity (Wildman–Crippen MR) is 59.5 cm³/mol. The quantitative estimate of drug-likeness (QED) is 0.901. The second-order valence-corrected chi connectivity index (χ2v) is 3.80. The zero-order valence-electron chi connectivity index (χ0n) is 8.29. The van der Waals surface area contributed by atoms with Crippen LogP contribution in [-0.4, -0.2) is 20.8 Å². The van der Waals surface area contributed by atoms with Crippen molar-refractivity contribution in [2.24, 2.45) is 5.73 Å². The lowest BCUT2D eigenvalue weighted by molar-refractivity contribution is 0.180. The summed E-state index contributed by atoms with van der Waals surface area (Å²) in [5, 5.41) is 0. The highest BCUT2D eigenvalue weighted by Gasteiger charge is 2.10. The van der Waals surface area contributed by atoms with Crippen LogP contribution in [0.1, 0.15) is 11.6 Å². The van der Waals surface area contributed by atoms with E-state index in [9.17, 15) is 0 Å². The molecule has 0 unspecified atom stereocenters. The van der Waals surface area contributed by atoms with Gasteiger partial charge in [0.1, 0.15) is 5.75 Å². The Balaban J connectivity index is 2.93. The maximum absolute atomic E-state index is 5.92. The summed E-state index contributed by atoms with van der Waals surface area (Å²) >= 11 is 3.44. The lowest BCUT2D eigenvalue weighted by atomic mass is 10.1. The average Bonchev–Trinajstić information content (AvgIpc) is 2.19. The number of hydrogen-bond acceptors (Lipinski definition) is 3. The highest BCUT2D eigenvalue weighted by atomic mass is 79.9. The first-order valence-electron chi connectivity index (χ1n) is 4.27. The first-order valence-corrected chi connectivity index (χ1v) is 5.06. The molecule has 0 saturated carbocycles. The smallest absolute Gasteiger partial charge is 0.119 e. The van der Waals surface area contributed by atoms with Crippen molar-refractivity contribution in [2.75, 3.05) is 20.8 Å². The molecule has 1 aromatic carbocycles. The van der Waals surface area contributed by atoms with Crippen LogP contribution in [0.15, 0.2) is 22.7 Å². The molecular formula is C10H14BrNO2. The summed E-state index contributed by atoms with van der Waals surface area (Å²) in [6.07, 6.45) is 0. The number of rotatable bonds is 4. The van der Waals surface area contributed by atoms with Crippen molar-refractivity contribution < 1.29 is 9.47 Å². The number of benzene rings is 1. The van der Waals surface area contributed by atoms with E-state index in [1.807, 2.05) is 18.2 Å². The Morgan fingerprint density at radius 2 is 2.14 bits per heavy atom. The number of hydrogen-bond donors (Lipinski definition) is 1. The van der Waals surface area contributed by atoms with E-state index in [0.717, 1.165) is 15.8 Å². The van der Waals surface area contributed by atoms with E-state index in [1.165, 1.54) is 0 Å². The maximum Gasteiger partial charge on any atom is 0.119 e. The summed E-state index contributed by atoms with van der Waals surface area (Å²) in [5.41, 5.74) is 6.91. The zero-order chi connectivity index (χ0) is 10.6. The van der Waals surface area contributed by atoms with Gasteiger partial charge in [-0.05, 0) is 23.8 Å². The van der Waals surface area contributed by atoms with Crippen LogP contribution in [0.2, 0.25) is 0 Å². The second-order valence-electron chi connectivity index (χ2n) is 2.95. The fourth-order valence-electron chi connectivity index (χ4n) is 1.20. The largest absolute Gasteiger partial charge is 0.497 e. The fraction of sp³-hybridized carbons (Fsp3) is 0.400. The third-order valence-electron chi connectivity index (χ3n) is 1.95. The molecule has 0 saturated heterocycles. The van der Waals surface area contributed by atoms with E-state index < -0.39 is 0 Å². The molecule has 0 heterocycles. The maximum atomic E-state index is 5.92. The van der Waals surface area contributed by atoms with Crippen LogP contribution < -0.4 is 10.5 Å². The Morgan fingerprint density at radius 1 is 1.43 bits per heavy atom. The van der Waals surface area contributed by atoms with Gasteiger partial charge in [-0.3, -0.25) is 0 Å². The van der Waals surface area contributed by atoms with Gasteiger partial charge in [0.05, 0.1) is 19.8 Å². The number of methoxy groups -OCH3 is 2.